The maximum absolute atomic E-state index is 13.1. The summed E-state index contributed by atoms with van der Waals surface area (Å²) in [6.07, 6.45) is 1.59. The number of rotatable bonds is 5. The number of ether oxygens (including phenoxy) is 2. The summed E-state index contributed by atoms with van der Waals surface area (Å²) < 4.78 is 11.2. The van der Waals surface area contributed by atoms with Gasteiger partial charge in [-0.2, -0.15) is 0 Å². The average Bonchev–Trinajstić information content (AvgIpc) is 2.64. The SMILES string of the molecule is CCOc1ccc(NC(=O)[C@@]2(C)Oc3cccnc3N(C(C)C)C2=O)cc1. The minimum atomic E-state index is -1.70. The van der Waals surface area contributed by atoms with Crippen LogP contribution in [-0.4, -0.2) is 35.0 Å². The van der Waals surface area contributed by atoms with Crippen LogP contribution in [0.2, 0.25) is 0 Å². The molecule has 1 aromatic heterocycles. The number of anilines is 2. The summed E-state index contributed by atoms with van der Waals surface area (Å²) in [6, 6.07) is 10.2. The molecule has 3 rings (SSSR count). The quantitative estimate of drug-likeness (QED) is 0.820. The van der Waals surface area contributed by atoms with Crippen LogP contribution in [-0.2, 0) is 9.59 Å². The second-order valence-electron chi connectivity index (χ2n) is 6.64. The van der Waals surface area contributed by atoms with E-state index in [-0.39, 0.29) is 6.04 Å². The van der Waals surface area contributed by atoms with Crippen LogP contribution in [0.25, 0.3) is 0 Å². The molecule has 0 bridgehead atoms. The smallest absolute Gasteiger partial charge is 0.282 e. The minimum Gasteiger partial charge on any atom is -0.494 e. The third kappa shape index (κ3) is 3.45. The minimum absolute atomic E-state index is 0.173. The molecule has 7 heteroatoms. The van der Waals surface area contributed by atoms with Gasteiger partial charge in [0.15, 0.2) is 11.6 Å². The molecular formula is C20H23N3O4. The van der Waals surface area contributed by atoms with Crippen LogP contribution in [0.5, 0.6) is 11.5 Å². The van der Waals surface area contributed by atoms with Gasteiger partial charge in [0.25, 0.3) is 17.4 Å². The number of aromatic nitrogens is 1. The number of nitrogens with one attached hydrogen (secondary N) is 1. The van der Waals surface area contributed by atoms with Crippen molar-refractivity contribution in [1.29, 1.82) is 0 Å². The zero-order valence-corrected chi connectivity index (χ0v) is 15.9. The molecule has 0 spiro atoms. The number of nitrogens with zero attached hydrogens (tertiary/aromatic N) is 2. The molecule has 2 aromatic rings. The highest BCUT2D eigenvalue weighted by atomic mass is 16.5. The summed E-state index contributed by atoms with van der Waals surface area (Å²) in [7, 11) is 0. The lowest BCUT2D eigenvalue weighted by molar-refractivity contribution is -0.145. The molecule has 1 aliphatic rings. The van der Waals surface area contributed by atoms with Crippen molar-refractivity contribution in [1.82, 2.24) is 4.98 Å². The second kappa shape index (κ2) is 7.26. The van der Waals surface area contributed by atoms with Gasteiger partial charge in [-0.1, -0.05) is 0 Å². The Hall–Kier alpha value is -3.09. The van der Waals surface area contributed by atoms with Crippen molar-refractivity contribution in [2.45, 2.75) is 39.3 Å². The fraction of sp³-hybridized carbons (Fsp3) is 0.350. The van der Waals surface area contributed by atoms with Crippen LogP contribution in [0.3, 0.4) is 0 Å². The molecule has 0 saturated heterocycles. The molecular weight excluding hydrogens is 346 g/mol. The van der Waals surface area contributed by atoms with E-state index in [0.29, 0.717) is 29.6 Å². The van der Waals surface area contributed by atoms with E-state index in [4.69, 9.17) is 9.47 Å². The number of amides is 2. The molecule has 1 N–H and O–H groups in total. The number of carbonyl (C=O) groups is 2. The van der Waals surface area contributed by atoms with Gasteiger partial charge in [-0.25, -0.2) is 4.98 Å². The van der Waals surface area contributed by atoms with Gasteiger partial charge in [0.2, 0.25) is 0 Å². The first-order valence-corrected chi connectivity index (χ1v) is 8.89. The van der Waals surface area contributed by atoms with Gasteiger partial charge >= 0.3 is 0 Å². The summed E-state index contributed by atoms with van der Waals surface area (Å²) in [5.41, 5.74) is -1.15. The van der Waals surface area contributed by atoms with Crippen molar-refractivity contribution in [3.63, 3.8) is 0 Å². The summed E-state index contributed by atoms with van der Waals surface area (Å²) in [5, 5.41) is 2.75. The van der Waals surface area contributed by atoms with Crippen molar-refractivity contribution < 1.29 is 19.1 Å². The molecule has 7 nitrogen and oxygen atoms in total. The van der Waals surface area contributed by atoms with E-state index in [0.717, 1.165) is 0 Å². The predicted octanol–water partition coefficient (Wildman–Crippen LogP) is 3.01. The lowest BCUT2D eigenvalue weighted by Crippen LogP contribution is -2.62. The summed E-state index contributed by atoms with van der Waals surface area (Å²) in [5.74, 6) is 0.528. The van der Waals surface area contributed by atoms with Crippen molar-refractivity contribution in [3.05, 3.63) is 42.6 Å². The molecule has 0 fully saturated rings. The number of hydrogen-bond donors (Lipinski definition) is 1. The van der Waals surface area contributed by atoms with Crippen LogP contribution in [0.1, 0.15) is 27.7 Å². The van der Waals surface area contributed by atoms with E-state index in [9.17, 15) is 9.59 Å². The topological polar surface area (TPSA) is 80.8 Å². The summed E-state index contributed by atoms with van der Waals surface area (Å²) in [4.78, 5) is 31.8. The van der Waals surface area contributed by atoms with E-state index >= 15 is 0 Å². The number of benzene rings is 1. The highest BCUT2D eigenvalue weighted by Gasteiger charge is 2.51. The highest BCUT2D eigenvalue weighted by molar-refractivity contribution is 6.19. The van der Waals surface area contributed by atoms with Crippen molar-refractivity contribution in [2.24, 2.45) is 0 Å². The first kappa shape index (κ1) is 18.7. The number of hydrogen-bond acceptors (Lipinski definition) is 5. The lowest BCUT2D eigenvalue weighted by atomic mass is 9.99. The molecule has 0 aliphatic carbocycles. The van der Waals surface area contributed by atoms with Gasteiger partial charge in [0, 0.05) is 17.9 Å². The van der Waals surface area contributed by atoms with E-state index in [2.05, 4.69) is 10.3 Å². The molecule has 142 valence electrons. The number of pyridine rings is 1. The largest absolute Gasteiger partial charge is 0.494 e. The highest BCUT2D eigenvalue weighted by Crippen LogP contribution is 2.37. The Morgan fingerprint density at radius 2 is 2.00 bits per heavy atom. The number of carbonyl (C=O) groups excluding carboxylic acids is 2. The van der Waals surface area contributed by atoms with Gasteiger partial charge in [0.05, 0.1) is 6.61 Å². The molecule has 1 atom stereocenters. The molecule has 2 heterocycles. The van der Waals surface area contributed by atoms with Crippen LogP contribution < -0.4 is 19.7 Å². The molecule has 27 heavy (non-hydrogen) atoms. The molecule has 0 saturated carbocycles. The maximum atomic E-state index is 13.1. The Balaban J connectivity index is 1.88. The Morgan fingerprint density at radius 3 is 2.63 bits per heavy atom. The first-order valence-electron chi connectivity index (χ1n) is 8.89. The molecule has 0 unspecified atom stereocenters. The molecule has 1 aromatic carbocycles. The molecule has 1 aliphatic heterocycles. The first-order chi connectivity index (χ1) is 12.9. The molecule has 0 radical (unpaired) electrons. The summed E-state index contributed by atoms with van der Waals surface area (Å²) in [6.45, 7) is 7.67. The molecule has 2 amide bonds. The van der Waals surface area contributed by atoms with Gasteiger partial charge in [-0.3, -0.25) is 14.5 Å². The third-order valence-corrected chi connectivity index (χ3v) is 4.29. The van der Waals surface area contributed by atoms with Crippen LogP contribution >= 0.6 is 0 Å². The van der Waals surface area contributed by atoms with Crippen molar-refractivity contribution in [2.75, 3.05) is 16.8 Å². The van der Waals surface area contributed by atoms with Gasteiger partial charge < -0.3 is 14.8 Å². The second-order valence-corrected chi connectivity index (χ2v) is 6.64. The Kier molecular flexibility index (Phi) is 5.03. The fourth-order valence-corrected chi connectivity index (χ4v) is 2.91. The number of fused-ring (bicyclic) bond motifs is 1. The third-order valence-electron chi connectivity index (χ3n) is 4.29. The summed E-state index contributed by atoms with van der Waals surface area (Å²) >= 11 is 0. The Bertz CT molecular complexity index is 851. The van der Waals surface area contributed by atoms with Gasteiger partial charge in [0.1, 0.15) is 5.75 Å². The van der Waals surface area contributed by atoms with E-state index in [1.54, 1.807) is 42.6 Å². The van der Waals surface area contributed by atoms with Gasteiger partial charge in [-0.05, 0) is 64.1 Å². The Labute approximate surface area is 158 Å². The van der Waals surface area contributed by atoms with Crippen LogP contribution in [0, 0.1) is 0 Å². The fourth-order valence-electron chi connectivity index (χ4n) is 2.91. The standard InChI is InChI=1S/C20H23N3O4/c1-5-26-15-10-8-14(9-11-15)22-18(24)20(4)19(25)23(13(2)3)17-16(27-20)7-6-12-21-17/h6-13H,5H2,1-4H3,(H,22,24)/t20-/m1/s1. The normalized spacial score (nSPS) is 18.7. The van der Waals surface area contributed by atoms with Crippen molar-refractivity contribution in [3.8, 4) is 11.5 Å². The van der Waals surface area contributed by atoms with Gasteiger partial charge in [-0.15, -0.1) is 0 Å². The zero-order chi connectivity index (χ0) is 19.6. The van der Waals surface area contributed by atoms with Crippen molar-refractivity contribution >= 4 is 23.3 Å². The van der Waals surface area contributed by atoms with E-state index in [1.165, 1.54) is 11.8 Å². The van der Waals surface area contributed by atoms with E-state index in [1.807, 2.05) is 20.8 Å². The predicted molar refractivity (Wildman–Crippen MR) is 102 cm³/mol. The monoisotopic (exact) mass is 369 g/mol. The Morgan fingerprint density at radius 1 is 1.30 bits per heavy atom. The maximum Gasteiger partial charge on any atom is 0.282 e. The van der Waals surface area contributed by atoms with Crippen LogP contribution in [0.15, 0.2) is 42.6 Å². The average molecular weight is 369 g/mol. The van der Waals surface area contributed by atoms with E-state index < -0.39 is 17.4 Å². The lowest BCUT2D eigenvalue weighted by Gasteiger charge is -2.40. The zero-order valence-electron chi connectivity index (χ0n) is 15.9. The van der Waals surface area contributed by atoms with Crippen LogP contribution in [0.4, 0.5) is 11.5 Å².